The normalized spacial score (nSPS) is 49.8. The molecule has 1 nitrogen and oxygen atoms in total. The Morgan fingerprint density at radius 3 is 2.23 bits per heavy atom. The van der Waals surface area contributed by atoms with Crippen LogP contribution in [0.1, 0.15) is 91.9 Å². The van der Waals surface area contributed by atoms with E-state index in [1.807, 2.05) is 6.92 Å². The second-order valence-electron chi connectivity index (χ2n) is 10.5. The van der Waals surface area contributed by atoms with E-state index in [2.05, 4.69) is 33.6 Å². The summed E-state index contributed by atoms with van der Waals surface area (Å²) in [7, 11) is 0. The Morgan fingerprint density at radius 2 is 1.58 bits per heavy atom. The highest BCUT2D eigenvalue weighted by Gasteiger charge is 2.60. The molecule has 0 aromatic rings. The third-order valence-electron chi connectivity index (χ3n) is 9.84. The number of Topliss-reactive ketones (excluding diaryl/α,β-unsaturated/α-hetero) is 1. The van der Waals surface area contributed by atoms with Gasteiger partial charge in [0.2, 0.25) is 0 Å². The van der Waals surface area contributed by atoms with E-state index in [-0.39, 0.29) is 0 Å². The molecule has 4 rings (SSSR count). The summed E-state index contributed by atoms with van der Waals surface area (Å²) in [4.78, 5) is 12.2. The van der Waals surface area contributed by atoms with Crippen LogP contribution < -0.4 is 0 Å². The van der Waals surface area contributed by atoms with E-state index in [4.69, 9.17) is 0 Å². The van der Waals surface area contributed by atoms with Crippen LogP contribution in [0, 0.1) is 59.2 Å². The van der Waals surface area contributed by atoms with Crippen molar-refractivity contribution in [3.05, 3.63) is 0 Å². The molecule has 26 heavy (non-hydrogen) atoms. The fourth-order valence-corrected chi connectivity index (χ4v) is 8.39. The number of fused-ring (bicyclic) bond motifs is 5. The quantitative estimate of drug-likeness (QED) is 0.515. The first kappa shape index (κ1) is 20.0. The maximum absolute atomic E-state index is 12.2. The maximum Gasteiger partial charge on any atom is 0.133 e. The highest BCUT2D eigenvalue weighted by Crippen LogP contribution is 2.67. The van der Waals surface area contributed by atoms with Gasteiger partial charge < -0.3 is 0 Å². The molecule has 0 aromatic carbocycles. The average molecular weight is 357 g/mol. The summed E-state index contributed by atoms with van der Waals surface area (Å²) in [6, 6.07) is 0. The Labute approximate surface area is 162 Å². The molecule has 0 bridgehead atoms. The van der Waals surface area contributed by atoms with Crippen molar-refractivity contribution in [3.8, 4) is 12.8 Å². The smallest absolute Gasteiger partial charge is 0.133 e. The van der Waals surface area contributed by atoms with E-state index >= 15 is 0 Å². The lowest BCUT2D eigenvalue weighted by Gasteiger charge is -2.61. The third kappa shape index (κ3) is 2.87. The standard InChI is InChI=1S/C23H38O.C2H2/c1-5-16-10-12-22(3)17(14-16)6-7-18-20-9-8-19(15(2)24)23(20,4)13-11-21(18)22;1-2/h16-21H,5-14H2,1-4H3;1-2H. The molecule has 4 aliphatic carbocycles. The first-order chi connectivity index (χ1) is 12.4. The number of hydrogen-bond acceptors (Lipinski definition) is 1. The van der Waals surface area contributed by atoms with E-state index in [0.717, 1.165) is 29.6 Å². The van der Waals surface area contributed by atoms with Gasteiger partial charge >= 0.3 is 0 Å². The van der Waals surface area contributed by atoms with Crippen molar-refractivity contribution in [1.82, 2.24) is 0 Å². The van der Waals surface area contributed by atoms with Gasteiger partial charge in [-0.05, 0) is 105 Å². The van der Waals surface area contributed by atoms with Gasteiger partial charge in [0, 0.05) is 5.92 Å². The van der Waals surface area contributed by atoms with Crippen molar-refractivity contribution in [1.29, 1.82) is 0 Å². The Kier molecular flexibility index (Phi) is 5.63. The third-order valence-corrected chi connectivity index (χ3v) is 9.84. The van der Waals surface area contributed by atoms with Gasteiger partial charge in [-0.3, -0.25) is 4.79 Å². The number of carbonyl (C=O) groups is 1. The van der Waals surface area contributed by atoms with Crippen molar-refractivity contribution in [2.24, 2.45) is 46.3 Å². The van der Waals surface area contributed by atoms with Gasteiger partial charge in [-0.2, -0.15) is 0 Å². The molecule has 0 amide bonds. The van der Waals surface area contributed by atoms with Gasteiger partial charge in [-0.1, -0.05) is 27.2 Å². The zero-order chi connectivity index (χ0) is 19.1. The molecular weight excluding hydrogens is 316 g/mol. The van der Waals surface area contributed by atoms with Gasteiger partial charge in [0.1, 0.15) is 5.78 Å². The fraction of sp³-hybridized carbons (Fsp3) is 0.880. The van der Waals surface area contributed by atoms with Crippen LogP contribution in [0.2, 0.25) is 0 Å². The molecule has 0 aliphatic heterocycles. The molecular formula is C25H40O. The molecule has 1 heteroatoms. The Hall–Kier alpha value is -0.770. The van der Waals surface area contributed by atoms with Crippen LogP contribution in [0.25, 0.3) is 0 Å². The molecule has 146 valence electrons. The van der Waals surface area contributed by atoms with Crippen LogP contribution >= 0.6 is 0 Å². The lowest BCUT2D eigenvalue weighted by atomic mass is 9.44. The lowest BCUT2D eigenvalue weighted by molar-refractivity contribution is -0.135. The van der Waals surface area contributed by atoms with E-state index < -0.39 is 0 Å². The molecule has 0 spiro atoms. The molecule has 4 aliphatic rings. The number of hydrogen-bond donors (Lipinski definition) is 0. The van der Waals surface area contributed by atoms with Gasteiger partial charge in [0.15, 0.2) is 0 Å². The van der Waals surface area contributed by atoms with Crippen molar-refractivity contribution in [3.63, 3.8) is 0 Å². The zero-order valence-electron chi connectivity index (χ0n) is 17.6. The predicted molar refractivity (Wildman–Crippen MR) is 110 cm³/mol. The second-order valence-corrected chi connectivity index (χ2v) is 10.5. The molecule has 4 fully saturated rings. The molecule has 8 unspecified atom stereocenters. The number of carbonyl (C=O) groups excluding carboxylic acids is 1. The minimum absolute atomic E-state index is 0.330. The van der Waals surface area contributed by atoms with Crippen molar-refractivity contribution >= 4 is 5.78 Å². The molecule has 0 N–H and O–H groups in total. The Morgan fingerprint density at radius 1 is 0.923 bits per heavy atom. The summed E-state index contributed by atoms with van der Waals surface area (Å²) >= 11 is 0. The van der Waals surface area contributed by atoms with Gasteiger partial charge in [0.25, 0.3) is 0 Å². The molecule has 8 atom stereocenters. The topological polar surface area (TPSA) is 17.1 Å². The van der Waals surface area contributed by atoms with Crippen molar-refractivity contribution < 1.29 is 4.79 Å². The van der Waals surface area contributed by atoms with Crippen molar-refractivity contribution in [2.75, 3.05) is 0 Å². The van der Waals surface area contributed by atoms with Gasteiger partial charge in [-0.15, -0.1) is 12.8 Å². The van der Waals surface area contributed by atoms with E-state index in [0.29, 0.717) is 22.5 Å². The van der Waals surface area contributed by atoms with Crippen LogP contribution in [-0.2, 0) is 4.79 Å². The minimum atomic E-state index is 0.330. The number of rotatable bonds is 2. The zero-order valence-corrected chi connectivity index (χ0v) is 17.6. The SMILES string of the molecule is C#C.CCC1CCC2(C)C(CCC3C2CCC2(C)C(C(C)=O)CCC32)C1. The van der Waals surface area contributed by atoms with Crippen LogP contribution in [0.15, 0.2) is 0 Å². The predicted octanol–water partition coefficient (Wildman–Crippen LogP) is 6.51. The maximum atomic E-state index is 12.2. The summed E-state index contributed by atoms with van der Waals surface area (Å²) in [5.41, 5.74) is 0.945. The highest BCUT2D eigenvalue weighted by atomic mass is 16.1. The molecule has 0 aromatic heterocycles. The Balaban J connectivity index is 0.000000948. The average Bonchev–Trinajstić information content (AvgIpc) is 3.00. The van der Waals surface area contributed by atoms with Crippen LogP contribution in [0.3, 0.4) is 0 Å². The fourth-order valence-electron chi connectivity index (χ4n) is 8.39. The monoisotopic (exact) mass is 356 g/mol. The summed E-state index contributed by atoms with van der Waals surface area (Å²) in [5.74, 6) is 5.55. The first-order valence-corrected chi connectivity index (χ1v) is 11.2. The van der Waals surface area contributed by atoms with E-state index in [9.17, 15) is 4.79 Å². The van der Waals surface area contributed by atoms with E-state index in [1.54, 1.807) is 0 Å². The number of terminal acetylenes is 1. The summed E-state index contributed by atoms with van der Waals surface area (Å²) < 4.78 is 0. The van der Waals surface area contributed by atoms with Crippen LogP contribution in [-0.4, -0.2) is 5.78 Å². The largest absolute Gasteiger partial charge is 0.300 e. The molecule has 4 saturated carbocycles. The molecule has 0 radical (unpaired) electrons. The summed E-state index contributed by atoms with van der Waals surface area (Å²) in [6.45, 7) is 9.40. The van der Waals surface area contributed by atoms with Crippen LogP contribution in [0.5, 0.6) is 0 Å². The van der Waals surface area contributed by atoms with Crippen molar-refractivity contribution in [2.45, 2.75) is 91.9 Å². The molecule has 0 saturated heterocycles. The van der Waals surface area contributed by atoms with Gasteiger partial charge in [0.05, 0.1) is 0 Å². The highest BCUT2D eigenvalue weighted by molar-refractivity contribution is 5.79. The minimum Gasteiger partial charge on any atom is -0.300 e. The molecule has 0 heterocycles. The summed E-state index contributed by atoms with van der Waals surface area (Å²) in [6.07, 6.45) is 22.0. The Bertz CT molecular complexity index is 548. The number of ketones is 1. The van der Waals surface area contributed by atoms with E-state index in [1.165, 1.54) is 64.2 Å². The first-order valence-electron chi connectivity index (χ1n) is 11.2. The second kappa shape index (κ2) is 7.33. The lowest BCUT2D eigenvalue weighted by Crippen LogP contribution is -2.53. The van der Waals surface area contributed by atoms with Gasteiger partial charge in [-0.25, -0.2) is 0 Å². The summed E-state index contributed by atoms with van der Waals surface area (Å²) in [5, 5.41) is 0. The van der Waals surface area contributed by atoms with Crippen LogP contribution in [0.4, 0.5) is 0 Å².